The third-order valence-electron chi connectivity index (χ3n) is 3.71. The first kappa shape index (κ1) is 10.3. The van der Waals surface area contributed by atoms with Crippen molar-refractivity contribution in [3.63, 3.8) is 0 Å². The summed E-state index contributed by atoms with van der Waals surface area (Å²) in [7, 11) is 0. The first-order chi connectivity index (χ1) is 7.92. The minimum absolute atomic E-state index is 0.704. The quantitative estimate of drug-likeness (QED) is 0.802. The van der Waals surface area contributed by atoms with Crippen molar-refractivity contribution in [2.45, 2.75) is 38.4 Å². The van der Waals surface area contributed by atoms with Gasteiger partial charge in [-0.15, -0.1) is 0 Å². The van der Waals surface area contributed by atoms with Gasteiger partial charge < -0.3 is 9.88 Å². The molecular weight excluding hydrogens is 200 g/mol. The van der Waals surface area contributed by atoms with Crippen LogP contribution in [0.1, 0.15) is 25.1 Å². The molecule has 2 aliphatic rings. The number of nitrogens with zero attached hydrogens (tertiary/aromatic N) is 3. The molecule has 1 aromatic rings. The summed E-state index contributed by atoms with van der Waals surface area (Å²) in [6.45, 7) is 5.68. The summed E-state index contributed by atoms with van der Waals surface area (Å²) < 4.78 is 2.27. The van der Waals surface area contributed by atoms with Crippen molar-refractivity contribution >= 4 is 0 Å². The van der Waals surface area contributed by atoms with E-state index in [1.807, 2.05) is 6.20 Å². The van der Waals surface area contributed by atoms with Gasteiger partial charge in [0.05, 0.1) is 6.54 Å². The van der Waals surface area contributed by atoms with Crippen LogP contribution < -0.4 is 5.32 Å². The number of hydrogen-bond donors (Lipinski definition) is 1. The van der Waals surface area contributed by atoms with E-state index in [4.69, 9.17) is 0 Å². The molecule has 16 heavy (non-hydrogen) atoms. The lowest BCUT2D eigenvalue weighted by Gasteiger charge is -2.33. The molecule has 1 fully saturated rings. The van der Waals surface area contributed by atoms with E-state index in [1.54, 1.807) is 0 Å². The minimum atomic E-state index is 0.704. The van der Waals surface area contributed by atoms with Crippen molar-refractivity contribution in [1.82, 2.24) is 19.8 Å². The maximum Gasteiger partial charge on any atom is 0.122 e. The Morgan fingerprint density at radius 1 is 1.38 bits per heavy atom. The van der Waals surface area contributed by atoms with Crippen LogP contribution in [0.25, 0.3) is 0 Å². The van der Waals surface area contributed by atoms with Crippen LogP contribution in [-0.4, -0.2) is 40.1 Å². The summed E-state index contributed by atoms with van der Waals surface area (Å²) in [5.41, 5.74) is 0. The third-order valence-corrected chi connectivity index (χ3v) is 3.71. The fraction of sp³-hybridized carbons (Fsp3) is 0.750. The van der Waals surface area contributed by atoms with Gasteiger partial charge >= 0.3 is 0 Å². The standard InChI is InChI=1S/C12H20N4/c1-2-4-13-11(3-1)9-15-7-8-16-6-5-14-12(16)10-15/h5-6,11,13H,1-4,7-10H2. The van der Waals surface area contributed by atoms with Gasteiger partial charge in [0.25, 0.3) is 0 Å². The van der Waals surface area contributed by atoms with Gasteiger partial charge in [-0.25, -0.2) is 4.98 Å². The third kappa shape index (κ3) is 2.13. The molecule has 0 radical (unpaired) electrons. The van der Waals surface area contributed by atoms with E-state index in [1.165, 1.54) is 44.7 Å². The largest absolute Gasteiger partial charge is 0.333 e. The van der Waals surface area contributed by atoms with Crippen LogP contribution in [0, 0.1) is 0 Å². The zero-order valence-corrected chi connectivity index (χ0v) is 9.73. The summed E-state index contributed by atoms with van der Waals surface area (Å²) in [6.07, 6.45) is 8.08. The van der Waals surface area contributed by atoms with Crippen molar-refractivity contribution in [2.75, 3.05) is 19.6 Å². The van der Waals surface area contributed by atoms with Gasteiger partial charge in [0.2, 0.25) is 0 Å². The van der Waals surface area contributed by atoms with E-state index in [-0.39, 0.29) is 0 Å². The second-order valence-electron chi connectivity index (χ2n) is 4.92. The number of fused-ring (bicyclic) bond motifs is 1. The van der Waals surface area contributed by atoms with E-state index in [0.29, 0.717) is 6.04 Å². The maximum absolute atomic E-state index is 4.40. The van der Waals surface area contributed by atoms with Crippen molar-refractivity contribution in [3.8, 4) is 0 Å². The van der Waals surface area contributed by atoms with E-state index in [0.717, 1.165) is 13.1 Å². The molecule has 1 N–H and O–H groups in total. The van der Waals surface area contributed by atoms with Gasteiger partial charge in [0.15, 0.2) is 0 Å². The number of piperidine rings is 1. The first-order valence-electron chi connectivity index (χ1n) is 6.37. The van der Waals surface area contributed by atoms with Gasteiger partial charge in [-0.2, -0.15) is 0 Å². The molecule has 88 valence electrons. The summed E-state index contributed by atoms with van der Waals surface area (Å²) in [5.74, 6) is 1.22. The Balaban J connectivity index is 1.57. The molecule has 4 nitrogen and oxygen atoms in total. The Bertz CT molecular complexity index is 341. The molecule has 0 aromatic carbocycles. The Hall–Kier alpha value is -0.870. The normalized spacial score (nSPS) is 26.6. The van der Waals surface area contributed by atoms with E-state index < -0.39 is 0 Å². The van der Waals surface area contributed by atoms with E-state index in [2.05, 4.69) is 26.0 Å². The molecule has 0 amide bonds. The summed E-state index contributed by atoms with van der Waals surface area (Å²) in [4.78, 5) is 6.93. The van der Waals surface area contributed by atoms with Gasteiger partial charge in [-0.05, 0) is 19.4 Å². The molecule has 0 bridgehead atoms. The molecule has 4 heteroatoms. The van der Waals surface area contributed by atoms with E-state index >= 15 is 0 Å². The molecule has 3 rings (SSSR count). The first-order valence-corrected chi connectivity index (χ1v) is 6.37. The Morgan fingerprint density at radius 2 is 2.38 bits per heavy atom. The zero-order valence-electron chi connectivity index (χ0n) is 9.73. The lowest BCUT2D eigenvalue weighted by atomic mass is 10.0. The molecule has 0 aliphatic carbocycles. The van der Waals surface area contributed by atoms with Crippen LogP contribution in [0.2, 0.25) is 0 Å². The number of imidazole rings is 1. The molecular formula is C12H20N4. The van der Waals surface area contributed by atoms with Gasteiger partial charge in [-0.1, -0.05) is 6.42 Å². The van der Waals surface area contributed by atoms with Crippen LogP contribution in [0.5, 0.6) is 0 Å². The van der Waals surface area contributed by atoms with Crippen LogP contribution in [0.15, 0.2) is 12.4 Å². The molecule has 1 aromatic heterocycles. The summed E-state index contributed by atoms with van der Waals surface area (Å²) in [6, 6.07) is 0.704. The molecule has 0 saturated carbocycles. The lowest BCUT2D eigenvalue weighted by molar-refractivity contribution is 0.183. The Labute approximate surface area is 96.7 Å². The second kappa shape index (κ2) is 4.55. The Kier molecular flexibility index (Phi) is 2.93. The number of nitrogens with one attached hydrogen (secondary N) is 1. The van der Waals surface area contributed by atoms with Crippen molar-refractivity contribution in [1.29, 1.82) is 0 Å². The molecule has 2 aliphatic heterocycles. The van der Waals surface area contributed by atoms with Crippen molar-refractivity contribution in [3.05, 3.63) is 18.2 Å². The smallest absolute Gasteiger partial charge is 0.122 e. The summed E-state index contributed by atoms with van der Waals surface area (Å²) >= 11 is 0. The molecule has 1 unspecified atom stereocenters. The number of hydrogen-bond acceptors (Lipinski definition) is 3. The highest BCUT2D eigenvalue weighted by atomic mass is 15.2. The highest BCUT2D eigenvalue weighted by Gasteiger charge is 2.20. The van der Waals surface area contributed by atoms with E-state index in [9.17, 15) is 0 Å². The highest BCUT2D eigenvalue weighted by Crippen LogP contribution is 2.13. The van der Waals surface area contributed by atoms with Gasteiger partial charge in [0.1, 0.15) is 5.82 Å². The minimum Gasteiger partial charge on any atom is -0.333 e. The number of aromatic nitrogens is 2. The lowest BCUT2D eigenvalue weighted by Crippen LogP contribution is -2.45. The molecule has 0 spiro atoms. The van der Waals surface area contributed by atoms with Crippen LogP contribution in [0.4, 0.5) is 0 Å². The average Bonchev–Trinajstić information content (AvgIpc) is 2.77. The van der Waals surface area contributed by atoms with Gasteiger partial charge in [0, 0.05) is 38.1 Å². The second-order valence-corrected chi connectivity index (χ2v) is 4.92. The van der Waals surface area contributed by atoms with Crippen LogP contribution >= 0.6 is 0 Å². The molecule has 3 heterocycles. The SMILES string of the molecule is c1cn2c(n1)CN(CC1CCCCN1)CC2. The van der Waals surface area contributed by atoms with Gasteiger partial charge in [-0.3, -0.25) is 4.90 Å². The Morgan fingerprint density at radius 3 is 3.25 bits per heavy atom. The fourth-order valence-corrected chi connectivity index (χ4v) is 2.77. The fourth-order valence-electron chi connectivity index (χ4n) is 2.77. The number of rotatable bonds is 2. The zero-order chi connectivity index (χ0) is 10.8. The maximum atomic E-state index is 4.40. The monoisotopic (exact) mass is 220 g/mol. The topological polar surface area (TPSA) is 33.1 Å². The van der Waals surface area contributed by atoms with Crippen LogP contribution in [-0.2, 0) is 13.1 Å². The predicted molar refractivity (Wildman–Crippen MR) is 63.1 cm³/mol. The average molecular weight is 220 g/mol. The predicted octanol–water partition coefficient (Wildman–Crippen LogP) is 0.841. The molecule has 1 saturated heterocycles. The van der Waals surface area contributed by atoms with Crippen molar-refractivity contribution < 1.29 is 0 Å². The van der Waals surface area contributed by atoms with Crippen molar-refractivity contribution in [2.24, 2.45) is 0 Å². The highest BCUT2D eigenvalue weighted by molar-refractivity contribution is 4.96. The van der Waals surface area contributed by atoms with Crippen LogP contribution in [0.3, 0.4) is 0 Å². The summed E-state index contributed by atoms with van der Waals surface area (Å²) in [5, 5.41) is 3.62. The molecule has 1 atom stereocenters.